The van der Waals surface area contributed by atoms with Gasteiger partial charge in [-0.25, -0.2) is 14.8 Å². The lowest BCUT2D eigenvalue weighted by molar-refractivity contribution is 0.0156. The monoisotopic (exact) mass is 592 g/mol. The van der Waals surface area contributed by atoms with Gasteiger partial charge in [-0.15, -0.1) is 11.3 Å². The second-order valence-corrected chi connectivity index (χ2v) is 11.8. The van der Waals surface area contributed by atoms with Crippen LogP contribution in [0.25, 0.3) is 21.1 Å². The third-order valence-electron chi connectivity index (χ3n) is 7.83. The Bertz CT molecular complexity index is 1800. The number of aryl methyl sites for hydroxylation is 2. The Labute approximate surface area is 253 Å². The van der Waals surface area contributed by atoms with Gasteiger partial charge in [0.1, 0.15) is 12.4 Å². The number of thiophene rings is 1. The summed E-state index contributed by atoms with van der Waals surface area (Å²) in [6.07, 6.45) is 4.94. The van der Waals surface area contributed by atoms with Crippen LogP contribution in [-0.4, -0.2) is 70.5 Å². The molecule has 2 aliphatic rings. The molecule has 2 atom stereocenters. The number of hydrogen-bond donors (Lipinski definition) is 2. The van der Waals surface area contributed by atoms with E-state index in [1.807, 2.05) is 6.07 Å². The SMILES string of the molecule is O=C(O[C@H]1CN[C@H](C#Cc2cc3ncnc(Nc4ccc5c(ccn5CCc5ccccc5)c4)c3s2)C1)N1CCOCC1. The number of morpholine rings is 1. The van der Waals surface area contributed by atoms with Crippen molar-refractivity contribution in [3.8, 4) is 11.8 Å². The van der Waals surface area contributed by atoms with E-state index in [0.717, 1.165) is 39.6 Å². The van der Waals surface area contributed by atoms with E-state index in [-0.39, 0.29) is 18.2 Å². The third-order valence-corrected chi connectivity index (χ3v) is 8.87. The molecule has 0 aliphatic carbocycles. The zero-order chi connectivity index (χ0) is 29.0. The Hall–Kier alpha value is -4.43. The van der Waals surface area contributed by atoms with Gasteiger partial charge in [-0.2, -0.15) is 0 Å². The molecule has 0 radical (unpaired) electrons. The van der Waals surface area contributed by atoms with E-state index >= 15 is 0 Å². The first kappa shape index (κ1) is 27.4. The van der Waals surface area contributed by atoms with Crippen LogP contribution in [-0.2, 0) is 22.4 Å². The molecule has 7 rings (SSSR count). The quantitative estimate of drug-likeness (QED) is 0.263. The first-order valence-corrected chi connectivity index (χ1v) is 15.4. The predicted octanol–water partition coefficient (Wildman–Crippen LogP) is 5.18. The Balaban J connectivity index is 0.999. The van der Waals surface area contributed by atoms with E-state index in [9.17, 15) is 4.79 Å². The highest BCUT2D eigenvalue weighted by atomic mass is 32.1. The minimum atomic E-state index is -0.272. The second kappa shape index (κ2) is 12.4. The summed E-state index contributed by atoms with van der Waals surface area (Å²) >= 11 is 1.57. The van der Waals surface area contributed by atoms with Gasteiger partial charge in [-0.1, -0.05) is 42.2 Å². The van der Waals surface area contributed by atoms with Crippen molar-refractivity contribution in [3.05, 3.63) is 83.6 Å². The summed E-state index contributed by atoms with van der Waals surface area (Å²) in [4.78, 5) is 24.0. The van der Waals surface area contributed by atoms with Crippen LogP contribution in [0.3, 0.4) is 0 Å². The maximum Gasteiger partial charge on any atom is 0.410 e. The fourth-order valence-corrected chi connectivity index (χ4v) is 6.45. The third kappa shape index (κ3) is 6.34. The number of ether oxygens (including phenoxy) is 2. The lowest BCUT2D eigenvalue weighted by atomic mass is 10.1. The second-order valence-electron chi connectivity index (χ2n) is 10.8. The summed E-state index contributed by atoms with van der Waals surface area (Å²) < 4.78 is 14.3. The van der Waals surface area contributed by atoms with E-state index in [0.29, 0.717) is 39.3 Å². The van der Waals surface area contributed by atoms with Gasteiger partial charge in [0, 0.05) is 55.4 Å². The molecular formula is C33H32N6O3S. The summed E-state index contributed by atoms with van der Waals surface area (Å²) in [6.45, 7) is 3.80. The Kier molecular flexibility index (Phi) is 7.92. The molecule has 2 aromatic carbocycles. The number of rotatable bonds is 6. The minimum Gasteiger partial charge on any atom is -0.445 e. The van der Waals surface area contributed by atoms with Crippen molar-refractivity contribution in [2.24, 2.45) is 0 Å². The zero-order valence-corrected chi connectivity index (χ0v) is 24.5. The molecule has 5 heterocycles. The van der Waals surface area contributed by atoms with Crippen LogP contribution >= 0.6 is 11.3 Å². The topological polar surface area (TPSA) is 93.5 Å². The van der Waals surface area contributed by atoms with Gasteiger partial charge in [-0.05, 0) is 42.3 Å². The van der Waals surface area contributed by atoms with Crippen LogP contribution in [0.1, 0.15) is 16.9 Å². The number of benzene rings is 2. The molecule has 2 aliphatic heterocycles. The van der Waals surface area contributed by atoms with Crippen LogP contribution in [0, 0.1) is 11.8 Å². The molecule has 1 amide bonds. The summed E-state index contributed by atoms with van der Waals surface area (Å²) in [6, 6.07) is 21.1. The molecule has 0 unspecified atom stereocenters. The number of carbonyl (C=O) groups is 1. The molecule has 0 bridgehead atoms. The summed E-state index contributed by atoms with van der Waals surface area (Å²) in [5, 5.41) is 8.04. The highest BCUT2D eigenvalue weighted by molar-refractivity contribution is 7.20. The maximum absolute atomic E-state index is 12.4. The number of amides is 1. The first-order valence-electron chi connectivity index (χ1n) is 14.6. The Morgan fingerprint density at radius 3 is 2.88 bits per heavy atom. The maximum atomic E-state index is 12.4. The molecule has 43 heavy (non-hydrogen) atoms. The number of fused-ring (bicyclic) bond motifs is 2. The van der Waals surface area contributed by atoms with Gasteiger partial charge >= 0.3 is 6.09 Å². The van der Waals surface area contributed by atoms with Crippen molar-refractivity contribution in [2.75, 3.05) is 38.2 Å². The van der Waals surface area contributed by atoms with Gasteiger partial charge in [-0.3, -0.25) is 5.32 Å². The summed E-state index contributed by atoms with van der Waals surface area (Å²) in [7, 11) is 0. The van der Waals surface area contributed by atoms with E-state index < -0.39 is 0 Å². The van der Waals surface area contributed by atoms with Gasteiger partial charge in [0.05, 0.1) is 34.3 Å². The number of anilines is 2. The van der Waals surface area contributed by atoms with Crippen LogP contribution in [0.15, 0.2) is 73.2 Å². The highest BCUT2D eigenvalue weighted by Crippen LogP contribution is 2.31. The van der Waals surface area contributed by atoms with Gasteiger partial charge < -0.3 is 24.3 Å². The molecule has 5 aromatic rings. The minimum absolute atomic E-state index is 0.0388. The van der Waals surface area contributed by atoms with E-state index in [1.165, 1.54) is 16.5 Å². The van der Waals surface area contributed by atoms with Crippen molar-refractivity contribution in [1.82, 2.24) is 24.8 Å². The van der Waals surface area contributed by atoms with E-state index in [2.05, 4.69) is 97.8 Å². The van der Waals surface area contributed by atoms with Crippen molar-refractivity contribution < 1.29 is 14.3 Å². The summed E-state index contributed by atoms with van der Waals surface area (Å²) in [5.41, 5.74) is 4.38. The first-order chi connectivity index (χ1) is 21.2. The predicted molar refractivity (Wildman–Crippen MR) is 169 cm³/mol. The Morgan fingerprint density at radius 2 is 2.00 bits per heavy atom. The molecule has 0 spiro atoms. The van der Waals surface area contributed by atoms with Crippen LogP contribution in [0.4, 0.5) is 16.3 Å². The average molecular weight is 593 g/mol. The zero-order valence-electron chi connectivity index (χ0n) is 23.7. The van der Waals surface area contributed by atoms with Crippen LogP contribution in [0.2, 0.25) is 0 Å². The van der Waals surface area contributed by atoms with Crippen molar-refractivity contribution >= 4 is 50.1 Å². The van der Waals surface area contributed by atoms with Crippen LogP contribution in [0.5, 0.6) is 0 Å². The van der Waals surface area contributed by atoms with E-state index in [4.69, 9.17) is 9.47 Å². The smallest absolute Gasteiger partial charge is 0.410 e. The van der Waals surface area contributed by atoms with Crippen molar-refractivity contribution in [2.45, 2.75) is 31.5 Å². The molecule has 0 saturated carbocycles. The molecule has 218 valence electrons. The molecule has 2 saturated heterocycles. The molecular weight excluding hydrogens is 560 g/mol. The van der Waals surface area contributed by atoms with Gasteiger partial charge in [0.25, 0.3) is 0 Å². The van der Waals surface area contributed by atoms with E-state index in [1.54, 1.807) is 22.6 Å². The number of nitrogens with one attached hydrogen (secondary N) is 2. The number of hydrogen-bond acceptors (Lipinski definition) is 8. The average Bonchev–Trinajstić information content (AvgIpc) is 3.78. The largest absolute Gasteiger partial charge is 0.445 e. The molecule has 2 fully saturated rings. The molecule has 9 nitrogen and oxygen atoms in total. The van der Waals surface area contributed by atoms with Crippen molar-refractivity contribution in [3.63, 3.8) is 0 Å². The molecule has 2 N–H and O–H groups in total. The fourth-order valence-electron chi connectivity index (χ4n) is 5.53. The number of carbonyl (C=O) groups excluding carboxylic acids is 1. The lowest BCUT2D eigenvalue weighted by Crippen LogP contribution is -2.42. The summed E-state index contributed by atoms with van der Waals surface area (Å²) in [5.74, 6) is 7.37. The standard InChI is InChI=1S/C33H32N6O3S/c40-33(39-14-16-41-17-15-39)42-27-19-25(34-21-27)6-8-28-20-29-31(43-28)32(36-22-35-29)37-26-7-9-30-24(18-26)11-13-38(30)12-10-23-4-2-1-3-5-23/h1-5,7,9,11,13,18,20,22,25,27,34H,10,12,14-17,19,21H2,(H,35,36,37)/t25-,27-/m1/s1. The number of aromatic nitrogens is 3. The normalized spacial score (nSPS) is 18.5. The highest BCUT2D eigenvalue weighted by Gasteiger charge is 2.28. The Morgan fingerprint density at radius 1 is 1.12 bits per heavy atom. The number of nitrogens with zero attached hydrogens (tertiary/aromatic N) is 4. The molecule has 3 aromatic heterocycles. The van der Waals surface area contributed by atoms with Crippen LogP contribution < -0.4 is 10.6 Å². The lowest BCUT2D eigenvalue weighted by Gasteiger charge is -2.27. The van der Waals surface area contributed by atoms with Gasteiger partial charge in [0.15, 0.2) is 5.82 Å². The molecule has 10 heteroatoms. The fraction of sp³-hybridized carbons (Fsp3) is 0.303. The van der Waals surface area contributed by atoms with Gasteiger partial charge in [0.2, 0.25) is 0 Å². The van der Waals surface area contributed by atoms with Crippen molar-refractivity contribution in [1.29, 1.82) is 0 Å².